The number of nitrogens with zero attached hydrogens (tertiary/aromatic N) is 1. The van der Waals surface area contributed by atoms with Crippen molar-refractivity contribution in [1.29, 1.82) is 0 Å². The molecule has 0 aliphatic heterocycles. The van der Waals surface area contributed by atoms with E-state index in [9.17, 15) is 14.0 Å². The maximum atomic E-state index is 14.2. The monoisotopic (exact) mass is 460 g/mol. The number of hydrogen-bond acceptors (Lipinski definition) is 3. The summed E-state index contributed by atoms with van der Waals surface area (Å²) in [5.41, 5.74) is 0.947. The van der Waals surface area contributed by atoms with Crippen LogP contribution in [0.1, 0.15) is 43.7 Å². The fourth-order valence-electron chi connectivity index (χ4n) is 4.37. The summed E-state index contributed by atoms with van der Waals surface area (Å²) < 4.78 is 19.9. The van der Waals surface area contributed by atoms with Crippen molar-refractivity contribution in [2.75, 3.05) is 11.5 Å². The minimum Gasteiger partial charge on any atom is -0.484 e. The maximum Gasteiger partial charge on any atom is 0.265 e. The Kier molecular flexibility index (Phi) is 7.91. The summed E-state index contributed by atoms with van der Waals surface area (Å²) in [6.45, 7) is -0.291. The highest BCUT2D eigenvalue weighted by atomic mass is 19.1. The largest absolute Gasteiger partial charge is 0.484 e. The van der Waals surface area contributed by atoms with Crippen molar-refractivity contribution in [1.82, 2.24) is 5.32 Å². The SMILES string of the molecule is O=C(NC1CCCCC1)C(c1ccccc1)N(C(=O)COc1ccccc1)c1cccc(F)c1. The second-order valence-electron chi connectivity index (χ2n) is 8.50. The van der Waals surface area contributed by atoms with Crippen LogP contribution in [-0.4, -0.2) is 24.5 Å². The van der Waals surface area contributed by atoms with E-state index in [0.717, 1.165) is 25.7 Å². The Labute approximate surface area is 199 Å². The van der Waals surface area contributed by atoms with E-state index in [1.807, 2.05) is 48.5 Å². The summed E-state index contributed by atoms with van der Waals surface area (Å²) in [7, 11) is 0. The van der Waals surface area contributed by atoms with Crippen LogP contribution in [-0.2, 0) is 9.59 Å². The maximum absolute atomic E-state index is 14.2. The van der Waals surface area contributed by atoms with E-state index in [0.29, 0.717) is 17.0 Å². The highest BCUT2D eigenvalue weighted by Gasteiger charge is 2.34. The Bertz CT molecular complexity index is 1090. The molecule has 0 saturated heterocycles. The van der Waals surface area contributed by atoms with Crippen LogP contribution in [0.15, 0.2) is 84.9 Å². The first-order chi connectivity index (χ1) is 16.6. The molecular formula is C28H29FN2O3. The number of carbonyl (C=O) groups excluding carboxylic acids is 2. The molecular weight excluding hydrogens is 431 g/mol. The van der Waals surface area contributed by atoms with Gasteiger partial charge in [-0.15, -0.1) is 0 Å². The summed E-state index contributed by atoms with van der Waals surface area (Å²) in [4.78, 5) is 28.5. The predicted octanol–water partition coefficient (Wildman–Crippen LogP) is 5.43. The molecule has 1 atom stereocenters. The number of halogens is 1. The van der Waals surface area contributed by atoms with Gasteiger partial charge in [0.1, 0.15) is 17.6 Å². The first-order valence-electron chi connectivity index (χ1n) is 11.7. The molecule has 1 unspecified atom stereocenters. The zero-order chi connectivity index (χ0) is 23.8. The lowest BCUT2D eigenvalue weighted by Gasteiger charge is -2.33. The van der Waals surface area contributed by atoms with Crippen LogP contribution < -0.4 is 15.0 Å². The van der Waals surface area contributed by atoms with Gasteiger partial charge in [0.15, 0.2) is 6.61 Å². The second-order valence-corrected chi connectivity index (χ2v) is 8.50. The normalized spacial score (nSPS) is 14.7. The third-order valence-corrected chi connectivity index (χ3v) is 6.03. The molecule has 5 nitrogen and oxygen atoms in total. The van der Waals surface area contributed by atoms with Gasteiger partial charge in [-0.05, 0) is 48.7 Å². The standard InChI is InChI=1S/C28H29FN2O3/c29-22-13-10-16-24(19-22)31(26(32)20-34-25-17-8-3-9-18-25)27(21-11-4-1-5-12-21)28(33)30-23-14-6-2-7-15-23/h1,3-5,8-13,16-19,23,27H,2,6-7,14-15,20H2,(H,30,33). The second kappa shape index (κ2) is 11.5. The fraction of sp³-hybridized carbons (Fsp3) is 0.286. The average Bonchev–Trinajstić information content (AvgIpc) is 2.87. The summed E-state index contributed by atoms with van der Waals surface area (Å²) >= 11 is 0. The van der Waals surface area contributed by atoms with Crippen molar-refractivity contribution in [3.63, 3.8) is 0 Å². The molecule has 1 N–H and O–H groups in total. The Balaban J connectivity index is 1.67. The molecule has 6 heteroatoms. The van der Waals surface area contributed by atoms with Crippen molar-refractivity contribution in [2.24, 2.45) is 0 Å². The van der Waals surface area contributed by atoms with Crippen molar-refractivity contribution in [3.8, 4) is 5.75 Å². The number of para-hydroxylation sites is 1. The van der Waals surface area contributed by atoms with Crippen LogP contribution in [0.2, 0.25) is 0 Å². The predicted molar refractivity (Wildman–Crippen MR) is 130 cm³/mol. The minimum atomic E-state index is -0.961. The summed E-state index contributed by atoms with van der Waals surface area (Å²) in [6, 6.07) is 23.0. The molecule has 3 aromatic carbocycles. The quantitative estimate of drug-likeness (QED) is 0.488. The number of rotatable bonds is 8. The Morgan fingerprint density at radius 1 is 0.912 bits per heavy atom. The Hall–Kier alpha value is -3.67. The van der Waals surface area contributed by atoms with Crippen molar-refractivity contribution < 1.29 is 18.7 Å². The number of amides is 2. The Morgan fingerprint density at radius 2 is 1.59 bits per heavy atom. The lowest BCUT2D eigenvalue weighted by Crippen LogP contribution is -2.48. The summed E-state index contributed by atoms with van der Waals surface area (Å²) in [6.07, 6.45) is 5.13. The van der Waals surface area contributed by atoms with Gasteiger partial charge in [-0.3, -0.25) is 14.5 Å². The highest BCUT2D eigenvalue weighted by Crippen LogP contribution is 2.30. The van der Waals surface area contributed by atoms with Crippen LogP contribution in [0.5, 0.6) is 5.75 Å². The smallest absolute Gasteiger partial charge is 0.265 e. The van der Waals surface area contributed by atoms with E-state index < -0.39 is 17.8 Å². The number of benzene rings is 3. The van der Waals surface area contributed by atoms with E-state index in [2.05, 4.69) is 5.32 Å². The molecule has 2 amide bonds. The zero-order valence-electron chi connectivity index (χ0n) is 19.0. The number of anilines is 1. The van der Waals surface area contributed by atoms with E-state index in [1.165, 1.54) is 29.5 Å². The van der Waals surface area contributed by atoms with Crippen LogP contribution in [0.4, 0.5) is 10.1 Å². The average molecular weight is 461 g/mol. The number of carbonyl (C=O) groups is 2. The molecule has 1 aliphatic rings. The van der Waals surface area contributed by atoms with E-state index >= 15 is 0 Å². The van der Waals surface area contributed by atoms with Crippen LogP contribution >= 0.6 is 0 Å². The Morgan fingerprint density at radius 3 is 2.26 bits per heavy atom. The van der Waals surface area contributed by atoms with E-state index in [-0.39, 0.29) is 18.6 Å². The molecule has 0 radical (unpaired) electrons. The molecule has 3 aromatic rings. The van der Waals surface area contributed by atoms with Crippen molar-refractivity contribution in [2.45, 2.75) is 44.2 Å². The van der Waals surface area contributed by atoms with Crippen LogP contribution in [0.25, 0.3) is 0 Å². The zero-order valence-corrected chi connectivity index (χ0v) is 19.0. The lowest BCUT2D eigenvalue weighted by molar-refractivity contribution is -0.128. The third kappa shape index (κ3) is 6.01. The molecule has 1 fully saturated rings. The number of ether oxygens (including phenoxy) is 1. The lowest BCUT2D eigenvalue weighted by atomic mass is 9.94. The van der Waals surface area contributed by atoms with Gasteiger partial charge in [0.05, 0.1) is 0 Å². The topological polar surface area (TPSA) is 58.6 Å². The van der Waals surface area contributed by atoms with Gasteiger partial charge >= 0.3 is 0 Å². The van der Waals surface area contributed by atoms with Gasteiger partial charge in [0, 0.05) is 11.7 Å². The van der Waals surface area contributed by atoms with Crippen molar-refractivity contribution in [3.05, 3.63) is 96.3 Å². The minimum absolute atomic E-state index is 0.0671. The molecule has 0 spiro atoms. The summed E-state index contributed by atoms with van der Waals surface area (Å²) in [5, 5.41) is 3.14. The molecule has 0 aromatic heterocycles. The molecule has 1 aliphatic carbocycles. The number of hydrogen-bond donors (Lipinski definition) is 1. The molecule has 176 valence electrons. The van der Waals surface area contributed by atoms with Gasteiger partial charge < -0.3 is 10.1 Å². The van der Waals surface area contributed by atoms with Gasteiger partial charge in [-0.1, -0.05) is 73.9 Å². The molecule has 4 rings (SSSR count). The van der Waals surface area contributed by atoms with Crippen LogP contribution in [0.3, 0.4) is 0 Å². The van der Waals surface area contributed by atoms with Gasteiger partial charge in [-0.2, -0.15) is 0 Å². The van der Waals surface area contributed by atoms with E-state index in [1.54, 1.807) is 18.2 Å². The van der Waals surface area contributed by atoms with Crippen LogP contribution in [0, 0.1) is 5.82 Å². The van der Waals surface area contributed by atoms with Gasteiger partial charge in [0.2, 0.25) is 5.91 Å². The molecule has 1 saturated carbocycles. The molecule has 0 heterocycles. The third-order valence-electron chi connectivity index (χ3n) is 6.03. The first-order valence-corrected chi connectivity index (χ1v) is 11.7. The first kappa shape index (κ1) is 23.5. The fourth-order valence-corrected chi connectivity index (χ4v) is 4.37. The molecule has 0 bridgehead atoms. The highest BCUT2D eigenvalue weighted by molar-refractivity contribution is 6.02. The van der Waals surface area contributed by atoms with Crippen molar-refractivity contribution >= 4 is 17.5 Å². The van der Waals surface area contributed by atoms with Gasteiger partial charge in [0.25, 0.3) is 5.91 Å². The number of nitrogens with one attached hydrogen (secondary N) is 1. The molecule has 34 heavy (non-hydrogen) atoms. The van der Waals surface area contributed by atoms with Gasteiger partial charge in [-0.25, -0.2) is 4.39 Å². The summed E-state index contributed by atoms with van der Waals surface area (Å²) in [5.74, 6) is -0.672. The van der Waals surface area contributed by atoms with E-state index in [4.69, 9.17) is 4.74 Å².